The van der Waals surface area contributed by atoms with Crippen molar-refractivity contribution < 1.29 is 18.3 Å². The summed E-state index contributed by atoms with van der Waals surface area (Å²) in [6.45, 7) is 1.75. The molecule has 0 aliphatic rings. The van der Waals surface area contributed by atoms with Gasteiger partial charge in [-0.3, -0.25) is 0 Å². The quantitative estimate of drug-likeness (QED) is 0.661. The van der Waals surface area contributed by atoms with Crippen LogP contribution in [-0.4, -0.2) is 24.2 Å². The SMILES string of the molecule is COc1ccc(OC)c(Nc2cc(C)nc(Nc3c(F)cccc3F)n2)c1. The van der Waals surface area contributed by atoms with E-state index in [0.717, 1.165) is 12.1 Å². The number of nitrogens with zero attached hydrogens (tertiary/aromatic N) is 2. The molecule has 3 aromatic rings. The Labute approximate surface area is 155 Å². The Morgan fingerprint density at radius 2 is 1.63 bits per heavy atom. The number of hydrogen-bond acceptors (Lipinski definition) is 6. The van der Waals surface area contributed by atoms with Crippen LogP contribution < -0.4 is 20.1 Å². The number of hydrogen-bond donors (Lipinski definition) is 2. The molecular formula is C19H18F2N4O2. The zero-order valence-electron chi connectivity index (χ0n) is 15.0. The fourth-order valence-corrected chi connectivity index (χ4v) is 2.47. The van der Waals surface area contributed by atoms with Crippen molar-refractivity contribution in [3.63, 3.8) is 0 Å². The number of halogens is 2. The van der Waals surface area contributed by atoms with Crippen molar-refractivity contribution >= 4 is 23.1 Å². The predicted molar refractivity (Wildman–Crippen MR) is 99.2 cm³/mol. The maximum absolute atomic E-state index is 13.9. The van der Waals surface area contributed by atoms with Crippen LogP contribution in [0.1, 0.15) is 5.69 Å². The van der Waals surface area contributed by atoms with Gasteiger partial charge in [0.25, 0.3) is 0 Å². The highest BCUT2D eigenvalue weighted by atomic mass is 19.1. The summed E-state index contributed by atoms with van der Waals surface area (Å²) in [5, 5.41) is 5.70. The van der Waals surface area contributed by atoms with Crippen LogP contribution in [0, 0.1) is 18.6 Å². The highest BCUT2D eigenvalue weighted by molar-refractivity contribution is 5.67. The van der Waals surface area contributed by atoms with Gasteiger partial charge in [-0.15, -0.1) is 0 Å². The number of nitrogens with one attached hydrogen (secondary N) is 2. The van der Waals surface area contributed by atoms with Crippen molar-refractivity contribution in [2.75, 3.05) is 24.9 Å². The molecule has 0 spiro atoms. The average Bonchev–Trinajstić information content (AvgIpc) is 2.64. The van der Waals surface area contributed by atoms with Gasteiger partial charge in [-0.05, 0) is 31.2 Å². The van der Waals surface area contributed by atoms with Gasteiger partial charge in [-0.1, -0.05) is 6.07 Å². The van der Waals surface area contributed by atoms with E-state index in [4.69, 9.17) is 9.47 Å². The molecule has 0 amide bonds. The van der Waals surface area contributed by atoms with E-state index in [-0.39, 0.29) is 11.6 Å². The molecule has 0 unspecified atom stereocenters. The van der Waals surface area contributed by atoms with Gasteiger partial charge in [-0.2, -0.15) is 4.98 Å². The van der Waals surface area contributed by atoms with E-state index < -0.39 is 11.6 Å². The van der Waals surface area contributed by atoms with Crippen molar-refractivity contribution in [3.05, 3.63) is 59.8 Å². The summed E-state index contributed by atoms with van der Waals surface area (Å²) < 4.78 is 38.3. The Kier molecular flexibility index (Phi) is 5.35. The molecule has 3 rings (SSSR count). The lowest BCUT2D eigenvalue weighted by Gasteiger charge is -2.14. The van der Waals surface area contributed by atoms with Crippen molar-refractivity contribution in [2.45, 2.75) is 6.92 Å². The van der Waals surface area contributed by atoms with Gasteiger partial charge in [0.2, 0.25) is 5.95 Å². The number of para-hydroxylation sites is 1. The van der Waals surface area contributed by atoms with Gasteiger partial charge in [0, 0.05) is 17.8 Å². The first-order valence-corrected chi connectivity index (χ1v) is 8.06. The first-order chi connectivity index (χ1) is 13.0. The van der Waals surface area contributed by atoms with E-state index in [9.17, 15) is 8.78 Å². The van der Waals surface area contributed by atoms with Gasteiger partial charge < -0.3 is 20.1 Å². The molecule has 0 saturated carbocycles. The summed E-state index contributed by atoms with van der Waals surface area (Å²) >= 11 is 0. The molecule has 1 heterocycles. The molecule has 8 heteroatoms. The van der Waals surface area contributed by atoms with Gasteiger partial charge >= 0.3 is 0 Å². The fourth-order valence-electron chi connectivity index (χ4n) is 2.47. The molecule has 2 aromatic carbocycles. The minimum atomic E-state index is -0.732. The lowest BCUT2D eigenvalue weighted by atomic mass is 10.2. The van der Waals surface area contributed by atoms with Gasteiger partial charge in [0.1, 0.15) is 34.6 Å². The first-order valence-electron chi connectivity index (χ1n) is 8.06. The van der Waals surface area contributed by atoms with Crippen LogP contribution in [0.2, 0.25) is 0 Å². The Bertz CT molecular complexity index is 946. The highest BCUT2D eigenvalue weighted by Crippen LogP contribution is 2.31. The zero-order chi connectivity index (χ0) is 19.4. The third kappa shape index (κ3) is 4.22. The summed E-state index contributed by atoms with van der Waals surface area (Å²) in [7, 11) is 3.11. The molecule has 27 heavy (non-hydrogen) atoms. The molecule has 0 atom stereocenters. The maximum Gasteiger partial charge on any atom is 0.229 e. The van der Waals surface area contributed by atoms with Crippen LogP contribution >= 0.6 is 0 Å². The van der Waals surface area contributed by atoms with Crippen LogP contribution in [-0.2, 0) is 0 Å². The Balaban J connectivity index is 1.92. The summed E-state index contributed by atoms with van der Waals surface area (Å²) in [6.07, 6.45) is 0. The second-order valence-corrected chi connectivity index (χ2v) is 5.63. The van der Waals surface area contributed by atoms with Crippen molar-refractivity contribution in [1.82, 2.24) is 9.97 Å². The standard InChI is InChI=1S/C19H18F2N4O2/c1-11-9-17(23-15-10-12(26-2)7-8-16(15)27-3)24-19(22-11)25-18-13(20)5-4-6-14(18)21/h4-10H,1-3H3,(H2,22,23,24,25). The van der Waals surface area contributed by atoms with Gasteiger partial charge in [-0.25, -0.2) is 13.8 Å². The molecule has 2 N–H and O–H groups in total. The van der Waals surface area contributed by atoms with E-state index >= 15 is 0 Å². The molecule has 0 bridgehead atoms. The summed E-state index contributed by atoms with van der Waals surface area (Å²) in [4.78, 5) is 8.45. The Hall–Kier alpha value is -3.42. The topological polar surface area (TPSA) is 68.3 Å². The van der Waals surface area contributed by atoms with E-state index in [2.05, 4.69) is 20.6 Å². The Morgan fingerprint density at radius 1 is 0.889 bits per heavy atom. The third-order valence-corrected chi connectivity index (χ3v) is 3.72. The number of aryl methyl sites for hydroxylation is 1. The molecule has 140 valence electrons. The van der Waals surface area contributed by atoms with Crippen molar-refractivity contribution in [2.24, 2.45) is 0 Å². The summed E-state index contributed by atoms with van der Waals surface area (Å²) in [6, 6.07) is 10.6. The monoisotopic (exact) mass is 372 g/mol. The van der Waals surface area contributed by atoms with Crippen LogP contribution in [0.4, 0.5) is 31.9 Å². The van der Waals surface area contributed by atoms with E-state index in [1.165, 1.54) is 6.07 Å². The second-order valence-electron chi connectivity index (χ2n) is 5.63. The van der Waals surface area contributed by atoms with Gasteiger partial charge in [0.15, 0.2) is 0 Å². The molecule has 0 fully saturated rings. The lowest BCUT2D eigenvalue weighted by molar-refractivity contribution is 0.405. The maximum atomic E-state index is 13.9. The fraction of sp³-hybridized carbons (Fsp3) is 0.158. The predicted octanol–water partition coefficient (Wildman–Crippen LogP) is 4.57. The average molecular weight is 372 g/mol. The number of ether oxygens (including phenoxy) is 2. The summed E-state index contributed by atoms with van der Waals surface area (Å²) in [5.74, 6) is 0.238. The molecule has 0 saturated heterocycles. The number of anilines is 4. The summed E-state index contributed by atoms with van der Waals surface area (Å²) in [5.41, 5.74) is 0.916. The normalized spacial score (nSPS) is 10.4. The Morgan fingerprint density at radius 3 is 2.30 bits per heavy atom. The number of benzene rings is 2. The van der Waals surface area contributed by atoms with Crippen molar-refractivity contribution in [3.8, 4) is 11.5 Å². The first kappa shape index (κ1) is 18.4. The van der Waals surface area contributed by atoms with Crippen molar-refractivity contribution in [1.29, 1.82) is 0 Å². The van der Waals surface area contributed by atoms with E-state index in [0.29, 0.717) is 28.7 Å². The van der Waals surface area contributed by atoms with Crippen LogP contribution in [0.5, 0.6) is 11.5 Å². The third-order valence-electron chi connectivity index (χ3n) is 3.72. The molecule has 6 nitrogen and oxygen atoms in total. The largest absolute Gasteiger partial charge is 0.497 e. The van der Waals surface area contributed by atoms with E-state index in [1.807, 2.05) is 0 Å². The number of methoxy groups -OCH3 is 2. The molecular weight excluding hydrogens is 354 g/mol. The smallest absolute Gasteiger partial charge is 0.229 e. The minimum absolute atomic E-state index is 0.0587. The van der Waals surface area contributed by atoms with Gasteiger partial charge in [0.05, 0.1) is 19.9 Å². The molecule has 0 radical (unpaired) electrons. The second kappa shape index (κ2) is 7.86. The minimum Gasteiger partial charge on any atom is -0.497 e. The molecule has 0 aliphatic heterocycles. The van der Waals surface area contributed by atoms with Crippen LogP contribution in [0.25, 0.3) is 0 Å². The highest BCUT2D eigenvalue weighted by Gasteiger charge is 2.12. The van der Waals surface area contributed by atoms with E-state index in [1.54, 1.807) is 45.4 Å². The molecule has 0 aliphatic carbocycles. The number of rotatable bonds is 6. The zero-order valence-corrected chi connectivity index (χ0v) is 15.0. The number of aromatic nitrogens is 2. The van der Waals surface area contributed by atoms with Crippen LogP contribution in [0.3, 0.4) is 0 Å². The molecule has 1 aromatic heterocycles. The van der Waals surface area contributed by atoms with Crippen LogP contribution in [0.15, 0.2) is 42.5 Å². The lowest BCUT2D eigenvalue weighted by Crippen LogP contribution is -2.05.